The van der Waals surface area contributed by atoms with Crippen molar-refractivity contribution in [3.05, 3.63) is 96.1 Å². The van der Waals surface area contributed by atoms with Crippen LogP contribution < -0.4 is 16.4 Å². The molecular formula is C26H24N4O5. The number of rotatable bonds is 8. The van der Waals surface area contributed by atoms with Crippen molar-refractivity contribution in [3.8, 4) is 11.8 Å². The quantitative estimate of drug-likeness (QED) is 0.281. The Hall–Kier alpha value is -4.81. The Morgan fingerprint density at radius 2 is 1.71 bits per heavy atom. The number of carbonyl (C=O) groups is 2. The molecule has 5 N–H and O–H groups in total. The molecule has 2 atom stereocenters. The highest BCUT2D eigenvalue weighted by Crippen LogP contribution is 2.27. The summed E-state index contributed by atoms with van der Waals surface area (Å²) in [6.45, 7) is 0. The number of ether oxygens (including phenoxy) is 2. The third kappa shape index (κ3) is 7.08. The van der Waals surface area contributed by atoms with Gasteiger partial charge in [-0.25, -0.2) is 4.79 Å². The Morgan fingerprint density at radius 1 is 1.03 bits per heavy atom. The van der Waals surface area contributed by atoms with Crippen LogP contribution in [0.4, 0.5) is 21.9 Å². The second-order valence-electron chi connectivity index (χ2n) is 7.37. The monoisotopic (exact) mass is 472 g/mol. The number of nitrogen functional groups attached to an aromatic ring is 1. The molecule has 35 heavy (non-hydrogen) atoms. The fraction of sp³-hybridized carbons (Fsp3) is 0.115. The van der Waals surface area contributed by atoms with Crippen LogP contribution in [0.1, 0.15) is 17.2 Å². The molecule has 0 saturated heterocycles. The Labute approximate surface area is 202 Å². The van der Waals surface area contributed by atoms with E-state index in [1.807, 2.05) is 6.07 Å². The predicted molar refractivity (Wildman–Crippen MR) is 132 cm³/mol. The van der Waals surface area contributed by atoms with Crippen LogP contribution in [0.2, 0.25) is 0 Å². The number of benzene rings is 3. The second kappa shape index (κ2) is 11.9. The first-order valence-electron chi connectivity index (χ1n) is 10.5. The molecule has 0 aliphatic heterocycles. The van der Waals surface area contributed by atoms with Gasteiger partial charge in [-0.15, -0.1) is 0 Å². The van der Waals surface area contributed by atoms with Crippen LogP contribution in [0.15, 0.2) is 84.9 Å². The minimum Gasteiger partial charge on any atom is -0.508 e. The molecule has 3 aromatic carbocycles. The molecule has 3 aromatic rings. The zero-order valence-corrected chi connectivity index (χ0v) is 18.8. The van der Waals surface area contributed by atoms with E-state index in [1.165, 1.54) is 31.4 Å². The van der Waals surface area contributed by atoms with Gasteiger partial charge < -0.3 is 25.6 Å². The van der Waals surface area contributed by atoms with Crippen LogP contribution in [0, 0.1) is 11.3 Å². The Balaban J connectivity index is 1.77. The number of aromatic hydroxyl groups is 1. The first-order valence-corrected chi connectivity index (χ1v) is 10.5. The Morgan fingerprint density at radius 3 is 2.34 bits per heavy atom. The lowest BCUT2D eigenvalue weighted by atomic mass is 10.0. The lowest BCUT2D eigenvalue weighted by molar-refractivity contribution is -0.112. The number of amides is 2. The summed E-state index contributed by atoms with van der Waals surface area (Å²) in [7, 11) is 1.41. The maximum absolute atomic E-state index is 12.6. The number of nitrogens with zero attached hydrogens (tertiary/aromatic N) is 1. The van der Waals surface area contributed by atoms with Gasteiger partial charge in [0.05, 0.1) is 23.0 Å². The minimum absolute atomic E-state index is 0.0406. The summed E-state index contributed by atoms with van der Waals surface area (Å²) in [5.41, 5.74) is 8.15. The van der Waals surface area contributed by atoms with Crippen molar-refractivity contribution in [2.75, 3.05) is 23.5 Å². The van der Waals surface area contributed by atoms with Gasteiger partial charge in [-0.05, 0) is 60.2 Å². The van der Waals surface area contributed by atoms with Gasteiger partial charge in [-0.3, -0.25) is 10.1 Å². The van der Waals surface area contributed by atoms with E-state index in [4.69, 9.17) is 20.5 Å². The zero-order valence-electron chi connectivity index (χ0n) is 18.8. The molecule has 0 bridgehead atoms. The van der Waals surface area contributed by atoms with Crippen molar-refractivity contribution in [2.24, 2.45) is 0 Å². The largest absolute Gasteiger partial charge is 0.508 e. The summed E-state index contributed by atoms with van der Waals surface area (Å²) >= 11 is 0. The van der Waals surface area contributed by atoms with E-state index in [0.717, 1.165) is 0 Å². The number of nitrogens with one attached hydrogen (secondary N) is 2. The summed E-state index contributed by atoms with van der Waals surface area (Å²) < 4.78 is 11.1. The Kier molecular flexibility index (Phi) is 8.43. The smallest absolute Gasteiger partial charge is 0.412 e. The maximum Gasteiger partial charge on any atom is 0.412 e. The highest BCUT2D eigenvalue weighted by Gasteiger charge is 2.26. The van der Waals surface area contributed by atoms with Crippen molar-refractivity contribution >= 4 is 29.1 Å². The minimum atomic E-state index is -0.954. The van der Waals surface area contributed by atoms with E-state index < -0.39 is 24.2 Å². The van der Waals surface area contributed by atoms with Gasteiger partial charge >= 0.3 is 6.09 Å². The molecule has 9 nitrogen and oxygen atoms in total. The van der Waals surface area contributed by atoms with Crippen molar-refractivity contribution in [3.63, 3.8) is 0 Å². The fourth-order valence-corrected chi connectivity index (χ4v) is 3.15. The van der Waals surface area contributed by atoms with Crippen LogP contribution in [0.25, 0.3) is 0 Å². The van der Waals surface area contributed by atoms with Crippen molar-refractivity contribution < 1.29 is 24.2 Å². The van der Waals surface area contributed by atoms with E-state index in [1.54, 1.807) is 60.7 Å². The number of nitriles is 1. The number of phenolic OH excluding ortho intramolecular Hbond substituents is 1. The van der Waals surface area contributed by atoms with Gasteiger partial charge in [0.2, 0.25) is 5.91 Å². The molecule has 0 saturated carbocycles. The molecule has 0 radical (unpaired) electrons. The fourth-order valence-electron chi connectivity index (χ4n) is 3.15. The number of methoxy groups -OCH3 is 1. The molecule has 2 amide bonds. The topological polar surface area (TPSA) is 147 Å². The predicted octanol–water partition coefficient (Wildman–Crippen LogP) is 4.35. The highest BCUT2D eigenvalue weighted by molar-refractivity contribution is 6.01. The summed E-state index contributed by atoms with van der Waals surface area (Å²) in [5, 5.41) is 23.8. The normalized spacial score (nSPS) is 12.3. The molecule has 0 aromatic heterocycles. The van der Waals surface area contributed by atoms with E-state index in [2.05, 4.69) is 10.6 Å². The summed E-state index contributed by atoms with van der Waals surface area (Å²) in [6.07, 6.45) is 0.149. The third-order valence-electron chi connectivity index (χ3n) is 4.94. The van der Waals surface area contributed by atoms with Gasteiger partial charge in [0.25, 0.3) is 0 Å². The first-order chi connectivity index (χ1) is 16.9. The van der Waals surface area contributed by atoms with Crippen molar-refractivity contribution in [1.82, 2.24) is 0 Å². The molecule has 0 unspecified atom stereocenters. The molecule has 0 aliphatic carbocycles. The number of para-hydroxylation sites is 2. The standard InChI is InChI=1S/C26H24N4O5/c1-34-23(14-15-24(32)30-22-5-3-2-4-21(22)28)25(18-8-12-20(31)13-9-18)35-26(33)29-19-10-6-17(16-27)7-11-19/h2-15,23,25,31H,28H2,1H3,(H,29,33)(H,30,32)/b15-14+/t23-,25-/m0/s1. The van der Waals surface area contributed by atoms with Gasteiger partial charge in [0.1, 0.15) is 11.9 Å². The summed E-state index contributed by atoms with van der Waals surface area (Å²) in [6, 6.07) is 21.2. The Bertz CT molecular complexity index is 1230. The number of anilines is 3. The lowest BCUT2D eigenvalue weighted by Gasteiger charge is -2.24. The number of phenols is 1. The highest BCUT2D eigenvalue weighted by atomic mass is 16.6. The van der Waals surface area contributed by atoms with Gasteiger partial charge in [-0.1, -0.05) is 24.3 Å². The van der Waals surface area contributed by atoms with Gasteiger partial charge in [-0.2, -0.15) is 5.26 Å². The average molecular weight is 473 g/mol. The van der Waals surface area contributed by atoms with Crippen molar-refractivity contribution in [2.45, 2.75) is 12.2 Å². The van der Waals surface area contributed by atoms with E-state index in [9.17, 15) is 14.7 Å². The SMILES string of the molecule is CO[C@@H](/C=C/C(=O)Nc1ccccc1N)[C@@H](OC(=O)Nc1ccc(C#N)cc1)c1ccc(O)cc1. The molecule has 0 heterocycles. The van der Waals surface area contributed by atoms with Crippen molar-refractivity contribution in [1.29, 1.82) is 5.26 Å². The maximum atomic E-state index is 12.6. The van der Waals surface area contributed by atoms with Gasteiger partial charge in [0.15, 0.2) is 6.10 Å². The molecule has 0 aliphatic rings. The average Bonchev–Trinajstić information content (AvgIpc) is 2.86. The molecular weight excluding hydrogens is 448 g/mol. The number of nitrogens with two attached hydrogens (primary N) is 1. The number of carbonyl (C=O) groups excluding carboxylic acids is 2. The number of hydrogen-bond donors (Lipinski definition) is 4. The van der Waals surface area contributed by atoms with E-state index in [-0.39, 0.29) is 5.75 Å². The zero-order chi connectivity index (χ0) is 25.2. The molecule has 9 heteroatoms. The number of hydrogen-bond acceptors (Lipinski definition) is 7. The van der Waals surface area contributed by atoms with Crippen LogP contribution in [0.5, 0.6) is 5.75 Å². The molecule has 178 valence electrons. The molecule has 0 spiro atoms. The second-order valence-corrected chi connectivity index (χ2v) is 7.37. The first kappa shape index (κ1) is 24.8. The van der Waals surface area contributed by atoms with E-state index >= 15 is 0 Å². The van der Waals surface area contributed by atoms with Crippen LogP contribution in [0.3, 0.4) is 0 Å². The van der Waals surface area contributed by atoms with E-state index in [0.29, 0.717) is 28.2 Å². The molecule has 0 fully saturated rings. The molecule has 3 rings (SSSR count). The summed E-state index contributed by atoms with van der Waals surface area (Å²) in [5.74, 6) is -0.407. The van der Waals surface area contributed by atoms with Crippen LogP contribution >= 0.6 is 0 Å². The summed E-state index contributed by atoms with van der Waals surface area (Å²) in [4.78, 5) is 25.1. The van der Waals surface area contributed by atoms with Crippen LogP contribution in [-0.2, 0) is 14.3 Å². The third-order valence-corrected chi connectivity index (χ3v) is 4.94. The van der Waals surface area contributed by atoms with Gasteiger partial charge in [0, 0.05) is 18.9 Å². The van der Waals surface area contributed by atoms with Crippen LogP contribution in [-0.4, -0.2) is 30.3 Å². The lowest BCUT2D eigenvalue weighted by Crippen LogP contribution is -2.27.